The molecule has 0 bridgehead atoms. The molecule has 0 saturated carbocycles. The highest BCUT2D eigenvalue weighted by atomic mass is 28.1. The van der Waals surface area contributed by atoms with Crippen molar-refractivity contribution < 1.29 is 32.1 Å². The molecule has 1 saturated heterocycles. The van der Waals surface area contributed by atoms with Crippen LogP contribution in [0, 0.1) is 0 Å². The molecule has 32 heavy (non-hydrogen) atoms. The Bertz CT molecular complexity index is 461. The van der Waals surface area contributed by atoms with Crippen LogP contribution in [0.15, 0.2) is 0 Å². The second-order valence-electron chi connectivity index (χ2n) is 9.32. The molecule has 192 valence electrons. The molecule has 0 aliphatic carbocycles. The standard InChI is InChI=1S/C24H47F3O4Si/c1-28-22(24(32,29-2)30-3)21-20(31-21)18-16-14-12-10-8-6-4-5-7-9-11-13-15-17-19-23(25,26)27/h20-22H,4-19H2,1-3,32H3. The molecule has 3 unspecified atom stereocenters. The van der Waals surface area contributed by atoms with Crippen LogP contribution in [0.4, 0.5) is 13.2 Å². The third-order valence-corrected chi connectivity index (χ3v) is 8.09. The van der Waals surface area contributed by atoms with Crippen LogP contribution < -0.4 is 0 Å². The quantitative estimate of drug-likeness (QED) is 0.0882. The summed E-state index contributed by atoms with van der Waals surface area (Å²) in [6.45, 7) is 0. The summed E-state index contributed by atoms with van der Waals surface area (Å²) in [5, 5.41) is 0. The van der Waals surface area contributed by atoms with Gasteiger partial charge < -0.3 is 18.9 Å². The summed E-state index contributed by atoms with van der Waals surface area (Å²) >= 11 is 0. The van der Waals surface area contributed by atoms with Crippen molar-refractivity contribution >= 4 is 10.2 Å². The molecule has 1 aliphatic rings. The van der Waals surface area contributed by atoms with Crippen molar-refractivity contribution in [3.8, 4) is 0 Å². The maximum atomic E-state index is 12.0. The maximum Gasteiger partial charge on any atom is 0.389 e. The average molecular weight is 485 g/mol. The van der Waals surface area contributed by atoms with E-state index in [1.165, 1.54) is 57.8 Å². The third kappa shape index (κ3) is 12.9. The number of unbranched alkanes of at least 4 members (excludes halogenated alkanes) is 13. The van der Waals surface area contributed by atoms with Crippen molar-refractivity contribution in [2.24, 2.45) is 0 Å². The Hall–Kier alpha value is -0.153. The summed E-state index contributed by atoms with van der Waals surface area (Å²) in [6.07, 6.45) is 12.2. The first-order valence-electron chi connectivity index (χ1n) is 12.6. The van der Waals surface area contributed by atoms with Gasteiger partial charge in [-0.15, -0.1) is 0 Å². The van der Waals surface area contributed by atoms with Crippen LogP contribution >= 0.6 is 0 Å². The van der Waals surface area contributed by atoms with Crippen molar-refractivity contribution in [3.63, 3.8) is 0 Å². The molecule has 4 nitrogen and oxygen atoms in total. The molecule has 0 radical (unpaired) electrons. The number of ether oxygens (including phenoxy) is 4. The monoisotopic (exact) mass is 484 g/mol. The molecular formula is C24H47F3O4Si. The van der Waals surface area contributed by atoms with Crippen LogP contribution in [0.3, 0.4) is 0 Å². The van der Waals surface area contributed by atoms with Crippen molar-refractivity contribution in [2.45, 2.75) is 133 Å². The molecule has 1 aliphatic heterocycles. The first kappa shape index (κ1) is 29.9. The summed E-state index contributed by atoms with van der Waals surface area (Å²) in [4.78, 5) is 0. The van der Waals surface area contributed by atoms with Crippen LogP contribution in [0.5, 0.6) is 0 Å². The lowest BCUT2D eigenvalue weighted by atomic mass is 10.0. The zero-order valence-electron chi connectivity index (χ0n) is 20.8. The van der Waals surface area contributed by atoms with Gasteiger partial charge in [-0.1, -0.05) is 83.5 Å². The Kier molecular flexibility index (Phi) is 15.4. The molecule has 0 aromatic carbocycles. The molecule has 8 heteroatoms. The number of methoxy groups -OCH3 is 3. The van der Waals surface area contributed by atoms with E-state index in [1.54, 1.807) is 21.3 Å². The van der Waals surface area contributed by atoms with Crippen LogP contribution in [0.2, 0.25) is 0 Å². The van der Waals surface area contributed by atoms with Gasteiger partial charge in [0.2, 0.25) is 0 Å². The zero-order valence-corrected chi connectivity index (χ0v) is 22.8. The first-order chi connectivity index (χ1) is 15.3. The summed E-state index contributed by atoms with van der Waals surface area (Å²) < 4.78 is 58.7. The first-order valence-corrected chi connectivity index (χ1v) is 13.6. The van der Waals surface area contributed by atoms with Gasteiger partial charge in [0.25, 0.3) is 0 Å². The van der Waals surface area contributed by atoms with Crippen LogP contribution in [0.1, 0.15) is 103 Å². The van der Waals surface area contributed by atoms with E-state index in [9.17, 15) is 13.2 Å². The Balaban J connectivity index is 1.86. The Labute approximate surface area is 196 Å². The van der Waals surface area contributed by atoms with Crippen molar-refractivity contribution in [1.82, 2.24) is 0 Å². The van der Waals surface area contributed by atoms with Crippen molar-refractivity contribution in [2.75, 3.05) is 21.3 Å². The smallest absolute Gasteiger partial charge is 0.373 e. The maximum absolute atomic E-state index is 12.0. The van der Waals surface area contributed by atoms with E-state index in [0.29, 0.717) is 16.7 Å². The SMILES string of the molecule is COC(C1OC1CCCCCCCCCCCCCCCCC(F)(F)F)C([SiH3])(OC)OC. The third-order valence-electron chi connectivity index (χ3n) is 6.70. The van der Waals surface area contributed by atoms with Gasteiger partial charge in [-0.25, -0.2) is 0 Å². The highest BCUT2D eigenvalue weighted by Crippen LogP contribution is 2.36. The normalized spacial score (nSPS) is 20.1. The number of halogens is 3. The molecule has 0 N–H and O–H groups in total. The molecular weight excluding hydrogens is 437 g/mol. The van der Waals surface area contributed by atoms with Gasteiger partial charge in [-0.05, 0) is 12.8 Å². The van der Waals surface area contributed by atoms with Gasteiger partial charge >= 0.3 is 6.18 Å². The highest BCUT2D eigenvalue weighted by molar-refractivity contribution is 6.14. The number of hydrogen-bond donors (Lipinski definition) is 0. The number of epoxide rings is 1. The second-order valence-corrected chi connectivity index (χ2v) is 10.7. The average Bonchev–Trinajstić information content (AvgIpc) is 3.51. The van der Waals surface area contributed by atoms with Gasteiger partial charge in [0.15, 0.2) is 5.41 Å². The highest BCUT2D eigenvalue weighted by Gasteiger charge is 2.52. The Morgan fingerprint density at radius 3 is 1.50 bits per heavy atom. The number of hydrogen-bond acceptors (Lipinski definition) is 4. The lowest BCUT2D eigenvalue weighted by Crippen LogP contribution is -2.51. The molecule has 0 spiro atoms. The van der Waals surface area contributed by atoms with Gasteiger partial charge in [-0.2, -0.15) is 13.2 Å². The predicted molar refractivity (Wildman–Crippen MR) is 126 cm³/mol. The van der Waals surface area contributed by atoms with E-state index < -0.39 is 18.0 Å². The minimum atomic E-state index is -3.99. The van der Waals surface area contributed by atoms with E-state index in [4.69, 9.17) is 18.9 Å². The summed E-state index contributed by atoms with van der Waals surface area (Å²) in [5.41, 5.74) is -0.648. The van der Waals surface area contributed by atoms with Crippen LogP contribution in [0.25, 0.3) is 0 Å². The van der Waals surface area contributed by atoms with E-state index in [1.807, 2.05) is 0 Å². The summed E-state index contributed by atoms with van der Waals surface area (Å²) in [7, 11) is 5.72. The molecule has 1 fully saturated rings. The molecule has 1 rings (SSSR count). The van der Waals surface area contributed by atoms with Gasteiger partial charge in [0.05, 0.1) is 16.3 Å². The molecule has 1 heterocycles. The Morgan fingerprint density at radius 1 is 0.719 bits per heavy atom. The lowest BCUT2D eigenvalue weighted by Gasteiger charge is -2.33. The molecule has 0 aromatic heterocycles. The largest absolute Gasteiger partial charge is 0.389 e. The topological polar surface area (TPSA) is 40.2 Å². The van der Waals surface area contributed by atoms with E-state index in [0.717, 1.165) is 25.7 Å². The predicted octanol–water partition coefficient (Wildman–Crippen LogP) is 5.88. The molecule has 0 aromatic rings. The van der Waals surface area contributed by atoms with Crippen LogP contribution in [-0.2, 0) is 18.9 Å². The van der Waals surface area contributed by atoms with Gasteiger partial charge in [0.1, 0.15) is 12.2 Å². The minimum Gasteiger partial charge on any atom is -0.373 e. The van der Waals surface area contributed by atoms with Crippen molar-refractivity contribution in [3.05, 3.63) is 0 Å². The second kappa shape index (κ2) is 16.5. The number of alkyl halides is 3. The van der Waals surface area contributed by atoms with Crippen LogP contribution in [-0.4, -0.2) is 61.5 Å². The van der Waals surface area contributed by atoms with E-state index >= 15 is 0 Å². The van der Waals surface area contributed by atoms with Crippen molar-refractivity contribution in [1.29, 1.82) is 0 Å². The summed E-state index contributed by atoms with van der Waals surface area (Å²) in [6, 6.07) is 0. The number of rotatable bonds is 21. The molecule has 3 atom stereocenters. The fourth-order valence-corrected chi connectivity index (χ4v) is 4.97. The summed E-state index contributed by atoms with van der Waals surface area (Å²) in [5.74, 6) is 0. The van der Waals surface area contributed by atoms with E-state index in [2.05, 4.69) is 0 Å². The van der Waals surface area contributed by atoms with E-state index in [-0.39, 0.29) is 24.7 Å². The van der Waals surface area contributed by atoms with Gasteiger partial charge in [0, 0.05) is 27.8 Å². The zero-order chi connectivity index (χ0) is 23.9. The Morgan fingerprint density at radius 2 is 1.12 bits per heavy atom. The fraction of sp³-hybridized carbons (Fsp3) is 1.00. The minimum absolute atomic E-state index is 0.0808. The lowest BCUT2D eigenvalue weighted by molar-refractivity contribution is -0.212. The fourth-order valence-electron chi connectivity index (χ4n) is 4.41. The van der Waals surface area contributed by atoms with Gasteiger partial charge in [-0.3, -0.25) is 0 Å². The molecule has 0 amide bonds.